The highest BCUT2D eigenvalue weighted by Crippen LogP contribution is 2.42. The SMILES string of the molecule is CCNc1ccc(C(=O)NC2CC(OC)C2(C)C)cn1. The molecule has 1 heterocycles. The van der Waals surface area contributed by atoms with Crippen LogP contribution in [0, 0.1) is 5.41 Å². The van der Waals surface area contributed by atoms with E-state index in [1.54, 1.807) is 19.4 Å². The van der Waals surface area contributed by atoms with Crippen molar-refractivity contribution in [3.8, 4) is 0 Å². The molecule has 2 unspecified atom stereocenters. The van der Waals surface area contributed by atoms with Crippen molar-refractivity contribution in [1.29, 1.82) is 0 Å². The molecule has 0 saturated heterocycles. The van der Waals surface area contributed by atoms with Crippen LogP contribution >= 0.6 is 0 Å². The summed E-state index contributed by atoms with van der Waals surface area (Å²) in [4.78, 5) is 16.4. The summed E-state index contributed by atoms with van der Waals surface area (Å²) < 4.78 is 5.39. The molecular formula is C15H23N3O2. The lowest BCUT2D eigenvalue weighted by Gasteiger charge is -2.51. The number of pyridine rings is 1. The lowest BCUT2D eigenvalue weighted by molar-refractivity contribution is -0.0942. The second-order valence-electron chi connectivity index (χ2n) is 5.77. The topological polar surface area (TPSA) is 63.2 Å². The maximum atomic E-state index is 12.2. The maximum absolute atomic E-state index is 12.2. The second-order valence-corrected chi connectivity index (χ2v) is 5.77. The molecule has 1 aliphatic carbocycles. The minimum Gasteiger partial charge on any atom is -0.381 e. The highest BCUT2D eigenvalue weighted by Gasteiger charge is 2.49. The molecule has 1 aromatic rings. The van der Waals surface area contributed by atoms with Gasteiger partial charge in [-0.2, -0.15) is 0 Å². The van der Waals surface area contributed by atoms with Crippen molar-refractivity contribution in [2.45, 2.75) is 39.3 Å². The van der Waals surface area contributed by atoms with Gasteiger partial charge in [0.15, 0.2) is 0 Å². The molecule has 2 rings (SSSR count). The number of ether oxygens (including phenoxy) is 1. The van der Waals surface area contributed by atoms with Gasteiger partial charge in [-0.1, -0.05) is 13.8 Å². The number of amides is 1. The first kappa shape index (κ1) is 14.8. The molecule has 1 fully saturated rings. The number of nitrogens with one attached hydrogen (secondary N) is 2. The molecule has 5 nitrogen and oxygen atoms in total. The number of carbonyl (C=O) groups is 1. The minimum absolute atomic E-state index is 0.0262. The molecule has 5 heteroatoms. The molecule has 1 aromatic heterocycles. The van der Waals surface area contributed by atoms with Gasteiger partial charge in [0.25, 0.3) is 5.91 Å². The quantitative estimate of drug-likeness (QED) is 0.864. The van der Waals surface area contributed by atoms with E-state index in [2.05, 4.69) is 29.5 Å². The fourth-order valence-corrected chi connectivity index (χ4v) is 2.59. The Balaban J connectivity index is 1.96. The number of hydrogen-bond acceptors (Lipinski definition) is 4. The van der Waals surface area contributed by atoms with E-state index in [4.69, 9.17) is 4.74 Å². The van der Waals surface area contributed by atoms with Crippen molar-refractivity contribution >= 4 is 11.7 Å². The van der Waals surface area contributed by atoms with E-state index in [1.165, 1.54) is 0 Å². The number of nitrogens with zero attached hydrogens (tertiary/aromatic N) is 1. The lowest BCUT2D eigenvalue weighted by atomic mass is 9.64. The Morgan fingerprint density at radius 2 is 2.25 bits per heavy atom. The highest BCUT2D eigenvalue weighted by atomic mass is 16.5. The molecule has 0 spiro atoms. The third kappa shape index (κ3) is 2.77. The van der Waals surface area contributed by atoms with Gasteiger partial charge in [0.05, 0.1) is 11.7 Å². The van der Waals surface area contributed by atoms with Crippen molar-refractivity contribution in [3.05, 3.63) is 23.9 Å². The predicted molar refractivity (Wildman–Crippen MR) is 78.8 cm³/mol. The van der Waals surface area contributed by atoms with Crippen LogP contribution in [-0.2, 0) is 4.74 Å². The number of rotatable bonds is 5. The molecule has 1 saturated carbocycles. The number of carbonyl (C=O) groups excluding carboxylic acids is 1. The Morgan fingerprint density at radius 3 is 2.75 bits per heavy atom. The van der Waals surface area contributed by atoms with Gasteiger partial charge in [-0.3, -0.25) is 4.79 Å². The summed E-state index contributed by atoms with van der Waals surface area (Å²) in [5.74, 6) is 0.709. The van der Waals surface area contributed by atoms with E-state index in [-0.39, 0.29) is 23.5 Å². The summed E-state index contributed by atoms with van der Waals surface area (Å²) in [5.41, 5.74) is 0.560. The molecule has 0 bridgehead atoms. The van der Waals surface area contributed by atoms with Crippen LogP contribution in [0.1, 0.15) is 37.6 Å². The zero-order chi connectivity index (χ0) is 14.8. The molecule has 2 atom stereocenters. The van der Waals surface area contributed by atoms with Gasteiger partial charge in [0.1, 0.15) is 5.82 Å². The molecule has 2 N–H and O–H groups in total. The third-order valence-corrected chi connectivity index (χ3v) is 4.15. The van der Waals surface area contributed by atoms with Crippen LogP contribution in [0.2, 0.25) is 0 Å². The van der Waals surface area contributed by atoms with Crippen LogP contribution in [0.4, 0.5) is 5.82 Å². The summed E-state index contributed by atoms with van der Waals surface area (Å²) in [6.07, 6.45) is 2.67. The van der Waals surface area contributed by atoms with Crippen molar-refractivity contribution in [2.75, 3.05) is 19.0 Å². The number of anilines is 1. The van der Waals surface area contributed by atoms with E-state index >= 15 is 0 Å². The zero-order valence-electron chi connectivity index (χ0n) is 12.6. The Morgan fingerprint density at radius 1 is 1.50 bits per heavy atom. The standard InChI is InChI=1S/C15H23N3O2/c1-5-16-13-7-6-10(9-17-13)14(19)18-11-8-12(20-4)15(11,2)3/h6-7,9,11-12H,5,8H2,1-4H3,(H,16,17)(H,18,19). The maximum Gasteiger partial charge on any atom is 0.253 e. The first-order valence-electron chi connectivity index (χ1n) is 7.02. The summed E-state index contributed by atoms with van der Waals surface area (Å²) in [7, 11) is 1.72. The third-order valence-electron chi connectivity index (χ3n) is 4.15. The average Bonchev–Trinajstić information content (AvgIpc) is 2.44. The van der Waals surface area contributed by atoms with E-state index in [1.807, 2.05) is 13.0 Å². The van der Waals surface area contributed by atoms with Crippen LogP contribution in [0.25, 0.3) is 0 Å². The van der Waals surface area contributed by atoms with Gasteiger partial charge in [0.2, 0.25) is 0 Å². The summed E-state index contributed by atoms with van der Waals surface area (Å²) >= 11 is 0. The largest absolute Gasteiger partial charge is 0.381 e. The molecule has 20 heavy (non-hydrogen) atoms. The monoisotopic (exact) mass is 277 g/mol. The van der Waals surface area contributed by atoms with Gasteiger partial charge in [-0.05, 0) is 25.5 Å². The van der Waals surface area contributed by atoms with Gasteiger partial charge in [0, 0.05) is 31.3 Å². The molecule has 1 amide bonds. The Labute approximate surface area is 120 Å². The lowest BCUT2D eigenvalue weighted by Crippen LogP contribution is -2.61. The average molecular weight is 277 g/mol. The second kappa shape index (κ2) is 5.79. The minimum atomic E-state index is -0.0758. The number of methoxy groups -OCH3 is 1. The van der Waals surface area contributed by atoms with Crippen LogP contribution in [-0.4, -0.2) is 36.7 Å². The van der Waals surface area contributed by atoms with Crippen LogP contribution in [0.5, 0.6) is 0 Å². The fourth-order valence-electron chi connectivity index (χ4n) is 2.59. The highest BCUT2D eigenvalue weighted by molar-refractivity contribution is 5.94. The van der Waals surface area contributed by atoms with E-state index in [0.717, 1.165) is 18.8 Å². The van der Waals surface area contributed by atoms with Crippen LogP contribution in [0.3, 0.4) is 0 Å². The Hall–Kier alpha value is -1.62. The summed E-state index contributed by atoms with van der Waals surface area (Å²) in [6.45, 7) is 7.05. The van der Waals surface area contributed by atoms with E-state index in [0.29, 0.717) is 5.56 Å². The van der Waals surface area contributed by atoms with E-state index in [9.17, 15) is 4.79 Å². The fraction of sp³-hybridized carbons (Fsp3) is 0.600. The van der Waals surface area contributed by atoms with Gasteiger partial charge >= 0.3 is 0 Å². The molecular weight excluding hydrogens is 254 g/mol. The Kier molecular flexibility index (Phi) is 4.28. The van der Waals surface area contributed by atoms with Crippen molar-refractivity contribution in [1.82, 2.24) is 10.3 Å². The van der Waals surface area contributed by atoms with Gasteiger partial charge in [-0.15, -0.1) is 0 Å². The van der Waals surface area contributed by atoms with Crippen LogP contribution in [0.15, 0.2) is 18.3 Å². The first-order valence-corrected chi connectivity index (χ1v) is 7.02. The summed E-state index contributed by atoms with van der Waals surface area (Å²) in [6, 6.07) is 3.76. The predicted octanol–water partition coefficient (Wildman–Crippen LogP) is 2.06. The van der Waals surface area contributed by atoms with Crippen molar-refractivity contribution in [2.24, 2.45) is 5.41 Å². The van der Waals surface area contributed by atoms with Gasteiger partial charge < -0.3 is 15.4 Å². The molecule has 0 aliphatic heterocycles. The number of hydrogen-bond donors (Lipinski definition) is 2. The smallest absolute Gasteiger partial charge is 0.253 e. The van der Waals surface area contributed by atoms with Crippen molar-refractivity contribution < 1.29 is 9.53 Å². The van der Waals surface area contributed by atoms with E-state index < -0.39 is 0 Å². The Bertz CT molecular complexity index is 471. The normalized spacial score (nSPS) is 23.8. The summed E-state index contributed by atoms with van der Waals surface area (Å²) in [5, 5.41) is 6.16. The number of aromatic nitrogens is 1. The first-order chi connectivity index (χ1) is 9.48. The van der Waals surface area contributed by atoms with Crippen LogP contribution < -0.4 is 10.6 Å². The molecule has 0 aromatic carbocycles. The van der Waals surface area contributed by atoms with Gasteiger partial charge in [-0.25, -0.2) is 4.98 Å². The zero-order valence-corrected chi connectivity index (χ0v) is 12.6. The van der Waals surface area contributed by atoms with Crippen molar-refractivity contribution in [3.63, 3.8) is 0 Å². The molecule has 110 valence electrons. The molecule has 1 aliphatic rings. The molecule has 0 radical (unpaired) electrons.